The minimum Gasteiger partial charge on any atom is -0.343 e. The van der Waals surface area contributed by atoms with E-state index in [2.05, 4.69) is 40.2 Å². The molecule has 2 aromatic rings. The lowest BCUT2D eigenvalue weighted by atomic mass is 9.89. The van der Waals surface area contributed by atoms with Gasteiger partial charge in [-0.15, -0.1) is 0 Å². The van der Waals surface area contributed by atoms with Crippen molar-refractivity contribution in [3.8, 4) is 0 Å². The number of carbonyl (C=O) groups is 2. The topological polar surface area (TPSA) is 53.5 Å². The normalized spacial score (nSPS) is 18.2. The molecule has 2 aliphatic heterocycles. The van der Waals surface area contributed by atoms with Crippen molar-refractivity contribution in [2.24, 2.45) is 11.8 Å². The molecule has 5 heteroatoms. The Morgan fingerprint density at radius 1 is 0.806 bits per heavy atom. The van der Waals surface area contributed by atoms with E-state index < -0.39 is 0 Å². The predicted octanol–water partition coefficient (Wildman–Crippen LogP) is 4.20. The molecule has 2 amide bonds. The third-order valence-electron chi connectivity index (χ3n) is 6.89. The van der Waals surface area contributed by atoms with Crippen molar-refractivity contribution in [3.63, 3.8) is 0 Å². The molecule has 164 valence electrons. The van der Waals surface area contributed by atoms with E-state index in [1.807, 2.05) is 17.0 Å². The Kier molecular flexibility index (Phi) is 7.34. The number of carbonyl (C=O) groups excluding carboxylic acids is 2. The maximum Gasteiger partial charge on any atom is 0.272 e. The molecule has 0 saturated carbocycles. The van der Waals surface area contributed by atoms with Crippen LogP contribution in [0.5, 0.6) is 0 Å². The molecule has 5 nitrogen and oxygen atoms in total. The zero-order chi connectivity index (χ0) is 21.5. The Hall–Kier alpha value is -2.69. The average Bonchev–Trinajstić information content (AvgIpc) is 2.84. The molecule has 0 radical (unpaired) electrons. The summed E-state index contributed by atoms with van der Waals surface area (Å²) in [6.07, 6.45) is 8.53. The second kappa shape index (κ2) is 10.6. The molecular formula is C26H33N3O2. The number of rotatable bonds is 6. The molecule has 0 N–H and O–H groups in total. The Morgan fingerprint density at radius 3 is 2.13 bits per heavy atom. The van der Waals surface area contributed by atoms with E-state index in [0.29, 0.717) is 29.9 Å². The largest absolute Gasteiger partial charge is 0.343 e. The first-order chi connectivity index (χ1) is 15.2. The highest BCUT2D eigenvalue weighted by atomic mass is 16.2. The zero-order valence-electron chi connectivity index (χ0n) is 18.3. The second-order valence-electron chi connectivity index (χ2n) is 9.00. The SMILES string of the molecule is O=C(CCC1CCN(C(=O)c2ccccn2)CC1)N1CCC(Cc2ccccc2)CC1. The summed E-state index contributed by atoms with van der Waals surface area (Å²) < 4.78 is 0. The molecule has 0 unspecified atom stereocenters. The molecule has 0 bridgehead atoms. The van der Waals surface area contributed by atoms with Crippen molar-refractivity contribution in [2.75, 3.05) is 26.2 Å². The Balaban J connectivity index is 1.15. The number of amides is 2. The van der Waals surface area contributed by atoms with Crippen molar-refractivity contribution in [1.82, 2.24) is 14.8 Å². The van der Waals surface area contributed by atoms with Crippen molar-refractivity contribution >= 4 is 11.8 Å². The van der Waals surface area contributed by atoms with Gasteiger partial charge in [0.1, 0.15) is 5.69 Å². The fourth-order valence-electron chi connectivity index (χ4n) is 4.90. The molecule has 4 rings (SSSR count). The van der Waals surface area contributed by atoms with Crippen LogP contribution in [0.4, 0.5) is 0 Å². The number of nitrogens with zero attached hydrogens (tertiary/aromatic N) is 3. The first kappa shape index (κ1) is 21.5. The quantitative estimate of drug-likeness (QED) is 0.705. The number of pyridine rings is 1. The van der Waals surface area contributed by atoms with E-state index in [1.54, 1.807) is 12.3 Å². The molecule has 1 aromatic carbocycles. The molecule has 0 atom stereocenters. The van der Waals surface area contributed by atoms with Gasteiger partial charge in [-0.25, -0.2) is 0 Å². The molecule has 2 saturated heterocycles. The lowest BCUT2D eigenvalue weighted by Crippen LogP contribution is -2.40. The molecule has 2 fully saturated rings. The van der Waals surface area contributed by atoms with Crippen LogP contribution in [-0.4, -0.2) is 52.8 Å². The van der Waals surface area contributed by atoms with Gasteiger partial charge in [0.15, 0.2) is 0 Å². The average molecular weight is 420 g/mol. The number of hydrogen-bond donors (Lipinski definition) is 0. The van der Waals surface area contributed by atoms with Gasteiger partial charge in [-0.05, 0) is 68.1 Å². The minimum atomic E-state index is 0.0218. The van der Waals surface area contributed by atoms with Gasteiger partial charge < -0.3 is 9.80 Å². The van der Waals surface area contributed by atoms with Gasteiger partial charge in [0.2, 0.25) is 5.91 Å². The monoisotopic (exact) mass is 419 g/mol. The van der Waals surface area contributed by atoms with E-state index >= 15 is 0 Å². The minimum absolute atomic E-state index is 0.0218. The Morgan fingerprint density at radius 2 is 1.45 bits per heavy atom. The summed E-state index contributed by atoms with van der Waals surface area (Å²) >= 11 is 0. The van der Waals surface area contributed by atoms with E-state index in [4.69, 9.17) is 0 Å². The molecule has 0 aliphatic carbocycles. The summed E-state index contributed by atoms with van der Waals surface area (Å²) in [6.45, 7) is 3.32. The fourth-order valence-corrected chi connectivity index (χ4v) is 4.90. The van der Waals surface area contributed by atoms with Crippen molar-refractivity contribution in [1.29, 1.82) is 0 Å². The molecular weight excluding hydrogens is 386 g/mol. The lowest BCUT2D eigenvalue weighted by molar-refractivity contribution is -0.133. The van der Waals surface area contributed by atoms with E-state index in [-0.39, 0.29) is 5.91 Å². The first-order valence-electron chi connectivity index (χ1n) is 11.7. The lowest BCUT2D eigenvalue weighted by Gasteiger charge is -2.34. The third-order valence-corrected chi connectivity index (χ3v) is 6.89. The van der Waals surface area contributed by atoms with E-state index in [1.165, 1.54) is 5.56 Å². The van der Waals surface area contributed by atoms with Crippen molar-refractivity contribution in [3.05, 3.63) is 66.0 Å². The number of aromatic nitrogens is 1. The van der Waals surface area contributed by atoms with Crippen LogP contribution in [-0.2, 0) is 11.2 Å². The standard InChI is InChI=1S/C26H33N3O2/c30-25(28-16-13-23(14-17-28)20-22-6-2-1-3-7-22)10-9-21-11-18-29(19-12-21)26(31)24-8-4-5-15-27-24/h1-8,15,21,23H,9-14,16-20H2. The Labute approximate surface area is 185 Å². The van der Waals surface area contributed by atoms with Gasteiger partial charge in [-0.3, -0.25) is 14.6 Å². The number of piperidine rings is 2. The maximum absolute atomic E-state index is 12.7. The molecule has 2 aliphatic rings. The van der Waals surface area contributed by atoms with Gasteiger partial charge in [0.25, 0.3) is 5.91 Å². The second-order valence-corrected chi connectivity index (χ2v) is 9.00. The van der Waals surface area contributed by atoms with Crippen LogP contribution in [0.1, 0.15) is 54.6 Å². The zero-order valence-corrected chi connectivity index (χ0v) is 18.3. The summed E-state index contributed by atoms with van der Waals surface area (Å²) in [4.78, 5) is 33.4. The van der Waals surface area contributed by atoms with Gasteiger partial charge in [0, 0.05) is 38.8 Å². The van der Waals surface area contributed by atoms with Crippen molar-refractivity contribution in [2.45, 2.75) is 44.9 Å². The number of benzene rings is 1. The Bertz CT molecular complexity index is 839. The smallest absolute Gasteiger partial charge is 0.272 e. The third kappa shape index (κ3) is 5.93. The summed E-state index contributed by atoms with van der Waals surface area (Å²) in [5, 5.41) is 0. The first-order valence-corrected chi connectivity index (χ1v) is 11.7. The van der Waals surface area contributed by atoms with Crippen molar-refractivity contribution < 1.29 is 9.59 Å². The highest BCUT2D eigenvalue weighted by Gasteiger charge is 2.26. The summed E-state index contributed by atoms with van der Waals surface area (Å²) in [6, 6.07) is 16.1. The highest BCUT2D eigenvalue weighted by molar-refractivity contribution is 5.92. The van der Waals surface area contributed by atoms with Crippen LogP contribution in [0.15, 0.2) is 54.7 Å². The van der Waals surface area contributed by atoms with Crippen LogP contribution in [0.2, 0.25) is 0 Å². The predicted molar refractivity (Wildman–Crippen MR) is 122 cm³/mol. The van der Waals surface area contributed by atoms with Gasteiger partial charge in [-0.2, -0.15) is 0 Å². The molecule has 1 aromatic heterocycles. The van der Waals surface area contributed by atoms with Gasteiger partial charge >= 0.3 is 0 Å². The van der Waals surface area contributed by atoms with Crippen LogP contribution in [0.25, 0.3) is 0 Å². The molecule has 3 heterocycles. The van der Waals surface area contributed by atoms with Crippen LogP contribution in [0.3, 0.4) is 0 Å². The fraction of sp³-hybridized carbons (Fsp3) is 0.500. The van der Waals surface area contributed by atoms with Crippen LogP contribution in [0, 0.1) is 11.8 Å². The van der Waals surface area contributed by atoms with Gasteiger partial charge in [0.05, 0.1) is 0 Å². The highest BCUT2D eigenvalue weighted by Crippen LogP contribution is 2.25. The number of likely N-dealkylation sites (tertiary alicyclic amines) is 2. The van der Waals surface area contributed by atoms with E-state index in [9.17, 15) is 9.59 Å². The number of hydrogen-bond acceptors (Lipinski definition) is 3. The van der Waals surface area contributed by atoms with Crippen LogP contribution < -0.4 is 0 Å². The summed E-state index contributed by atoms with van der Waals surface area (Å²) in [7, 11) is 0. The summed E-state index contributed by atoms with van der Waals surface area (Å²) in [5.41, 5.74) is 1.92. The molecule has 0 spiro atoms. The van der Waals surface area contributed by atoms with Gasteiger partial charge in [-0.1, -0.05) is 36.4 Å². The van der Waals surface area contributed by atoms with E-state index in [0.717, 1.165) is 64.7 Å². The van der Waals surface area contributed by atoms with Crippen LogP contribution >= 0.6 is 0 Å². The molecule has 31 heavy (non-hydrogen) atoms. The maximum atomic E-state index is 12.7. The summed E-state index contributed by atoms with van der Waals surface area (Å²) in [5.74, 6) is 1.55.